The van der Waals surface area contributed by atoms with Gasteiger partial charge >= 0.3 is 6.18 Å². The van der Waals surface area contributed by atoms with E-state index >= 15 is 0 Å². The molecule has 104 valence electrons. The number of aromatic hydroxyl groups is 1. The van der Waals surface area contributed by atoms with E-state index in [0.29, 0.717) is 0 Å². The van der Waals surface area contributed by atoms with E-state index < -0.39 is 18.3 Å². The highest BCUT2D eigenvalue weighted by Crippen LogP contribution is 2.37. The van der Waals surface area contributed by atoms with Gasteiger partial charge in [0.05, 0.1) is 15.0 Å². The third-order valence-corrected chi connectivity index (χ3v) is 3.31. The van der Waals surface area contributed by atoms with Gasteiger partial charge in [-0.25, -0.2) is 0 Å². The van der Waals surface area contributed by atoms with E-state index in [1.54, 1.807) is 0 Å². The Kier molecular flexibility index (Phi) is 6.42. The van der Waals surface area contributed by atoms with Crippen LogP contribution < -0.4 is 5.73 Å². The molecule has 0 saturated carbocycles. The van der Waals surface area contributed by atoms with Gasteiger partial charge in [-0.05, 0) is 49.6 Å². The molecular weight excluding hydrogens is 406 g/mol. The van der Waals surface area contributed by atoms with Gasteiger partial charge in [0.15, 0.2) is 6.10 Å². The van der Waals surface area contributed by atoms with Crippen LogP contribution in [0.1, 0.15) is 11.6 Å². The fourth-order valence-electron chi connectivity index (χ4n) is 1.16. The van der Waals surface area contributed by atoms with E-state index in [4.69, 9.17) is 10.8 Å². The van der Waals surface area contributed by atoms with Crippen molar-refractivity contribution in [2.24, 2.45) is 5.73 Å². The molecule has 0 aliphatic heterocycles. The van der Waals surface area contributed by atoms with Crippen LogP contribution in [0.25, 0.3) is 0 Å². The molecule has 0 spiro atoms. The first-order valence-corrected chi connectivity index (χ1v) is 5.91. The van der Waals surface area contributed by atoms with Crippen molar-refractivity contribution in [2.75, 3.05) is 0 Å². The molecule has 0 aliphatic rings. The first-order valence-electron chi connectivity index (χ1n) is 4.33. The number of benzene rings is 1. The molecule has 3 nitrogen and oxygen atoms in total. The summed E-state index contributed by atoms with van der Waals surface area (Å²) in [4.78, 5) is 0. The molecule has 2 atom stereocenters. The molecule has 1 aromatic rings. The van der Waals surface area contributed by atoms with E-state index in [-0.39, 0.29) is 32.7 Å². The van der Waals surface area contributed by atoms with E-state index in [9.17, 15) is 18.3 Å². The van der Waals surface area contributed by atoms with Crippen molar-refractivity contribution in [3.63, 3.8) is 0 Å². The van der Waals surface area contributed by atoms with Crippen LogP contribution in [0.15, 0.2) is 21.1 Å². The number of hydrogen-bond donors (Lipinski definition) is 3. The summed E-state index contributed by atoms with van der Waals surface area (Å²) in [5.41, 5.74) is 5.37. The predicted octanol–water partition coefficient (Wildman–Crippen LogP) is 3.26. The summed E-state index contributed by atoms with van der Waals surface area (Å²) in [7, 11) is 0. The number of phenols is 1. The fourth-order valence-corrected chi connectivity index (χ4v) is 2.39. The SMILES string of the molecule is Cl.N[C@@H](c1cc(Br)c(O)c(Br)c1)[C@H](O)C(F)(F)F. The smallest absolute Gasteiger partial charge is 0.416 e. The molecule has 18 heavy (non-hydrogen) atoms. The molecule has 0 bridgehead atoms. The second kappa shape index (κ2) is 6.42. The molecule has 0 unspecified atom stereocenters. The number of hydrogen-bond acceptors (Lipinski definition) is 3. The lowest BCUT2D eigenvalue weighted by Crippen LogP contribution is -2.38. The number of aliphatic hydroxyl groups excluding tert-OH is 1. The maximum atomic E-state index is 12.3. The van der Waals surface area contributed by atoms with Crippen LogP contribution in [0.2, 0.25) is 0 Å². The monoisotopic (exact) mass is 413 g/mol. The van der Waals surface area contributed by atoms with Gasteiger partial charge < -0.3 is 15.9 Å². The Morgan fingerprint density at radius 3 is 1.89 bits per heavy atom. The summed E-state index contributed by atoms with van der Waals surface area (Å²) >= 11 is 5.93. The zero-order valence-corrected chi connectivity index (χ0v) is 12.6. The highest BCUT2D eigenvalue weighted by atomic mass is 79.9. The molecular formula is C9H9Br2ClF3NO2. The van der Waals surface area contributed by atoms with Gasteiger partial charge in [0.1, 0.15) is 5.75 Å². The molecule has 0 saturated heterocycles. The van der Waals surface area contributed by atoms with Gasteiger partial charge in [-0.2, -0.15) is 13.2 Å². The summed E-state index contributed by atoms with van der Waals surface area (Å²) in [6.07, 6.45) is -7.46. The molecule has 0 amide bonds. The molecule has 0 radical (unpaired) electrons. The van der Waals surface area contributed by atoms with Crippen LogP contribution in [-0.4, -0.2) is 22.5 Å². The number of phenolic OH excluding ortho intramolecular Hbond substituents is 1. The standard InChI is InChI=1S/C9H8Br2F3NO2.ClH/c10-4-1-3(2-5(11)7(4)16)6(15)8(17)9(12,13)14;/h1-2,6,8,16-17H,15H2;1H/t6-,8-;/m0./s1. The highest BCUT2D eigenvalue weighted by Gasteiger charge is 2.42. The van der Waals surface area contributed by atoms with Crippen LogP contribution >= 0.6 is 44.3 Å². The Bertz CT molecular complexity index is 408. The summed E-state index contributed by atoms with van der Waals surface area (Å²) in [5, 5.41) is 18.4. The van der Waals surface area contributed by atoms with Crippen molar-refractivity contribution in [3.8, 4) is 5.75 Å². The van der Waals surface area contributed by atoms with E-state index in [1.807, 2.05) is 0 Å². The minimum atomic E-state index is -4.80. The van der Waals surface area contributed by atoms with Gasteiger partial charge in [-0.1, -0.05) is 0 Å². The molecule has 1 aromatic carbocycles. The van der Waals surface area contributed by atoms with Crippen molar-refractivity contribution in [2.45, 2.75) is 18.3 Å². The molecule has 0 aliphatic carbocycles. The second-order valence-corrected chi connectivity index (χ2v) is 5.05. The average Bonchev–Trinajstić information content (AvgIpc) is 2.21. The molecule has 0 fully saturated rings. The zero-order chi connectivity index (χ0) is 13.4. The quantitative estimate of drug-likeness (QED) is 0.695. The van der Waals surface area contributed by atoms with Crippen LogP contribution in [0, 0.1) is 0 Å². The lowest BCUT2D eigenvalue weighted by molar-refractivity contribution is -0.210. The normalized spacial score (nSPS) is 14.8. The lowest BCUT2D eigenvalue weighted by atomic mass is 10.0. The van der Waals surface area contributed by atoms with Gasteiger partial charge in [-0.15, -0.1) is 12.4 Å². The third kappa shape index (κ3) is 3.99. The van der Waals surface area contributed by atoms with Gasteiger partial charge in [0.2, 0.25) is 0 Å². The van der Waals surface area contributed by atoms with Crippen molar-refractivity contribution < 1.29 is 23.4 Å². The van der Waals surface area contributed by atoms with Crippen molar-refractivity contribution in [3.05, 3.63) is 26.6 Å². The van der Waals surface area contributed by atoms with Crippen LogP contribution in [0.5, 0.6) is 5.75 Å². The van der Waals surface area contributed by atoms with Gasteiger partial charge in [0.25, 0.3) is 0 Å². The molecule has 0 aromatic heterocycles. The van der Waals surface area contributed by atoms with Crippen molar-refractivity contribution in [1.29, 1.82) is 0 Å². The Morgan fingerprint density at radius 2 is 1.56 bits per heavy atom. The van der Waals surface area contributed by atoms with Crippen LogP contribution in [0.3, 0.4) is 0 Å². The largest absolute Gasteiger partial charge is 0.506 e. The highest BCUT2D eigenvalue weighted by molar-refractivity contribution is 9.11. The summed E-state index contributed by atoms with van der Waals surface area (Å²) < 4.78 is 37.2. The van der Waals surface area contributed by atoms with Gasteiger partial charge in [-0.3, -0.25) is 0 Å². The Labute approximate surface area is 124 Å². The summed E-state index contributed by atoms with van der Waals surface area (Å²) in [6.45, 7) is 0. The number of nitrogens with two attached hydrogens (primary N) is 1. The predicted molar refractivity (Wildman–Crippen MR) is 69.7 cm³/mol. The van der Waals surface area contributed by atoms with Crippen molar-refractivity contribution >= 4 is 44.3 Å². The maximum Gasteiger partial charge on any atom is 0.416 e. The molecule has 9 heteroatoms. The summed E-state index contributed by atoms with van der Waals surface area (Å²) in [5.74, 6) is -0.151. The van der Waals surface area contributed by atoms with Crippen molar-refractivity contribution in [1.82, 2.24) is 0 Å². The van der Waals surface area contributed by atoms with E-state index in [0.717, 1.165) is 0 Å². The minimum Gasteiger partial charge on any atom is -0.506 e. The lowest BCUT2D eigenvalue weighted by Gasteiger charge is -2.22. The van der Waals surface area contributed by atoms with Crippen LogP contribution in [0.4, 0.5) is 13.2 Å². The van der Waals surface area contributed by atoms with Gasteiger partial charge in [0, 0.05) is 0 Å². The Hall–Kier alpha value is -0.0200. The second-order valence-electron chi connectivity index (χ2n) is 3.35. The third-order valence-electron chi connectivity index (χ3n) is 2.10. The van der Waals surface area contributed by atoms with E-state index in [2.05, 4.69) is 31.9 Å². The number of alkyl halides is 3. The summed E-state index contributed by atoms with van der Waals surface area (Å²) in [6, 6.07) is 0.822. The fraction of sp³-hybridized carbons (Fsp3) is 0.333. The molecule has 0 heterocycles. The Morgan fingerprint density at radius 1 is 1.17 bits per heavy atom. The Balaban J connectivity index is 0.00000289. The van der Waals surface area contributed by atoms with Crippen LogP contribution in [-0.2, 0) is 0 Å². The topological polar surface area (TPSA) is 66.5 Å². The maximum absolute atomic E-state index is 12.3. The first-order chi connectivity index (χ1) is 7.64. The number of aliphatic hydroxyl groups is 1. The molecule has 4 N–H and O–H groups in total. The average molecular weight is 415 g/mol. The number of rotatable bonds is 2. The molecule has 1 rings (SSSR count). The minimum absolute atomic E-state index is 0. The first kappa shape index (κ1) is 18.0. The number of halogens is 6. The van der Waals surface area contributed by atoms with E-state index in [1.165, 1.54) is 12.1 Å². The zero-order valence-electron chi connectivity index (χ0n) is 8.58.